The van der Waals surface area contributed by atoms with Crippen molar-refractivity contribution in [2.24, 2.45) is 5.41 Å². The number of H-pyrrole nitrogens is 1. The number of ether oxygens (including phenoxy) is 2. The van der Waals surface area contributed by atoms with Gasteiger partial charge in [0.25, 0.3) is 0 Å². The molecule has 4 rings (SSSR count). The quantitative estimate of drug-likeness (QED) is 0.207. The summed E-state index contributed by atoms with van der Waals surface area (Å²) in [6.07, 6.45) is 2.44. The number of tetrazole rings is 1. The van der Waals surface area contributed by atoms with Gasteiger partial charge in [-0.2, -0.15) is 0 Å². The lowest BCUT2D eigenvalue weighted by Gasteiger charge is -2.17. The van der Waals surface area contributed by atoms with Gasteiger partial charge in [-0.3, -0.25) is 4.79 Å². The number of nitrogens with zero attached hydrogens (tertiary/aromatic N) is 5. The van der Waals surface area contributed by atoms with Crippen LogP contribution in [-0.2, 0) is 33.8 Å². The number of carbonyl (C=O) groups excluding carboxylic acids is 2. The summed E-state index contributed by atoms with van der Waals surface area (Å²) in [6.45, 7) is 6.60. The number of unbranched alkanes of at least 4 members (excludes halogenated alkanes) is 1. The molecule has 0 saturated carbocycles. The lowest BCUT2D eigenvalue weighted by molar-refractivity contribution is -0.161. The lowest BCUT2D eigenvalue weighted by atomic mass is 9.98. The summed E-state index contributed by atoms with van der Waals surface area (Å²) in [5.74, 6) is 0.0524. The van der Waals surface area contributed by atoms with Gasteiger partial charge in [-0.05, 0) is 54.3 Å². The molecule has 0 bridgehead atoms. The minimum atomic E-state index is -0.726. The second-order valence-corrected chi connectivity index (χ2v) is 10.4. The molecule has 2 aromatic carbocycles. The summed E-state index contributed by atoms with van der Waals surface area (Å²) in [5.41, 5.74) is 3.39. The molecular weight excluding hydrogens is 512 g/mol. The lowest BCUT2D eigenvalue weighted by Crippen LogP contribution is -2.25. The number of aliphatic hydroxyl groups is 1. The first kappa shape index (κ1) is 28.6. The van der Waals surface area contributed by atoms with E-state index in [2.05, 4.69) is 32.5 Å². The molecule has 2 aromatic heterocycles. The van der Waals surface area contributed by atoms with E-state index in [0.717, 1.165) is 35.1 Å². The van der Waals surface area contributed by atoms with E-state index in [1.807, 2.05) is 48.5 Å². The molecular formula is C29H34N6O5. The van der Waals surface area contributed by atoms with Gasteiger partial charge in [0.15, 0.2) is 11.5 Å². The Morgan fingerprint density at radius 2 is 1.75 bits per heavy atom. The van der Waals surface area contributed by atoms with Crippen molar-refractivity contribution in [2.45, 2.75) is 60.1 Å². The molecule has 0 amide bonds. The first-order chi connectivity index (χ1) is 19.2. The number of hydrogen-bond donors (Lipinski definition) is 2. The van der Waals surface area contributed by atoms with Gasteiger partial charge in [0.05, 0.1) is 17.7 Å². The van der Waals surface area contributed by atoms with Crippen molar-refractivity contribution in [3.05, 3.63) is 71.3 Å². The molecule has 0 aliphatic carbocycles. The van der Waals surface area contributed by atoms with Gasteiger partial charge in [0, 0.05) is 18.5 Å². The molecule has 0 saturated heterocycles. The Hall–Kier alpha value is -4.38. The predicted molar refractivity (Wildman–Crippen MR) is 147 cm³/mol. The van der Waals surface area contributed by atoms with E-state index >= 15 is 0 Å². The molecule has 0 fully saturated rings. The zero-order valence-corrected chi connectivity index (χ0v) is 23.2. The highest BCUT2D eigenvalue weighted by atomic mass is 16.7. The highest BCUT2D eigenvalue weighted by Gasteiger charge is 2.26. The third kappa shape index (κ3) is 6.60. The fourth-order valence-electron chi connectivity index (χ4n) is 4.20. The van der Waals surface area contributed by atoms with Crippen molar-refractivity contribution in [3.63, 3.8) is 0 Å². The highest BCUT2D eigenvalue weighted by molar-refractivity contribution is 5.89. The molecule has 0 aliphatic rings. The molecule has 0 atom stereocenters. The molecule has 4 aromatic rings. The first-order valence-electron chi connectivity index (χ1n) is 13.2. The second-order valence-electron chi connectivity index (χ2n) is 10.4. The molecule has 40 heavy (non-hydrogen) atoms. The van der Waals surface area contributed by atoms with Crippen molar-refractivity contribution >= 4 is 11.9 Å². The average molecular weight is 547 g/mol. The van der Waals surface area contributed by atoms with Crippen molar-refractivity contribution in [3.8, 4) is 22.5 Å². The van der Waals surface area contributed by atoms with Crippen LogP contribution in [0.5, 0.6) is 0 Å². The van der Waals surface area contributed by atoms with Crippen molar-refractivity contribution in [1.29, 1.82) is 0 Å². The molecule has 0 aliphatic heterocycles. The van der Waals surface area contributed by atoms with Gasteiger partial charge in [-0.15, -0.1) is 5.10 Å². The number of benzene rings is 2. The van der Waals surface area contributed by atoms with Crippen LogP contribution in [0.25, 0.3) is 22.5 Å². The number of esters is 2. The van der Waals surface area contributed by atoms with Gasteiger partial charge in [-0.1, -0.05) is 61.9 Å². The maximum atomic E-state index is 13.1. The van der Waals surface area contributed by atoms with Crippen molar-refractivity contribution < 1.29 is 24.2 Å². The Balaban J connectivity index is 1.60. The molecule has 0 unspecified atom stereocenters. The monoisotopic (exact) mass is 546 g/mol. The number of hydrogen-bond acceptors (Lipinski definition) is 9. The third-order valence-electron chi connectivity index (χ3n) is 6.34. The number of aliphatic hydroxyl groups excluding tert-OH is 1. The highest BCUT2D eigenvalue weighted by Crippen LogP contribution is 2.30. The van der Waals surface area contributed by atoms with Crippen LogP contribution in [-0.4, -0.2) is 54.0 Å². The summed E-state index contributed by atoms with van der Waals surface area (Å²) in [5, 5.41) is 24.2. The van der Waals surface area contributed by atoms with Crippen LogP contribution in [0.2, 0.25) is 0 Å². The van der Waals surface area contributed by atoms with Gasteiger partial charge in [0.1, 0.15) is 5.82 Å². The number of rotatable bonds is 11. The molecule has 11 heteroatoms. The van der Waals surface area contributed by atoms with E-state index < -0.39 is 30.8 Å². The number of carbonyl (C=O) groups is 2. The van der Waals surface area contributed by atoms with E-state index in [1.54, 1.807) is 25.3 Å². The molecule has 2 N–H and O–H groups in total. The molecule has 0 radical (unpaired) electrons. The Labute approximate surface area is 232 Å². The molecule has 0 spiro atoms. The van der Waals surface area contributed by atoms with E-state index in [0.29, 0.717) is 24.6 Å². The van der Waals surface area contributed by atoms with Crippen LogP contribution in [0.4, 0.5) is 0 Å². The van der Waals surface area contributed by atoms with E-state index in [-0.39, 0.29) is 11.4 Å². The summed E-state index contributed by atoms with van der Waals surface area (Å²) in [6, 6.07) is 15.8. The van der Waals surface area contributed by atoms with E-state index in [1.165, 1.54) is 0 Å². The second kappa shape index (κ2) is 12.6. The fourth-order valence-corrected chi connectivity index (χ4v) is 4.20. The van der Waals surface area contributed by atoms with Gasteiger partial charge in [-0.25, -0.2) is 14.9 Å². The Kier molecular flexibility index (Phi) is 9.05. The van der Waals surface area contributed by atoms with E-state index in [4.69, 9.17) is 9.47 Å². The Morgan fingerprint density at radius 3 is 2.38 bits per heavy atom. The van der Waals surface area contributed by atoms with Gasteiger partial charge < -0.3 is 19.1 Å². The fraction of sp³-hybridized carbons (Fsp3) is 0.379. The van der Waals surface area contributed by atoms with Crippen LogP contribution in [0.15, 0.2) is 48.5 Å². The smallest absolute Gasteiger partial charge is 0.359 e. The SMILES string of the molecule is CCCCc1nc(CO)c(C(=O)OCOC(=O)C(C)(C)C)n1Cc1ccc(-c2ccccc2-c2nnn[nH]2)cc1. The van der Waals surface area contributed by atoms with Crippen molar-refractivity contribution in [1.82, 2.24) is 30.2 Å². The number of imidazole rings is 1. The topological polar surface area (TPSA) is 145 Å². The maximum Gasteiger partial charge on any atom is 0.359 e. The Bertz CT molecular complexity index is 1440. The normalized spacial score (nSPS) is 11.4. The maximum absolute atomic E-state index is 13.1. The van der Waals surface area contributed by atoms with Gasteiger partial charge >= 0.3 is 11.9 Å². The average Bonchev–Trinajstić information content (AvgIpc) is 3.60. The Morgan fingerprint density at radius 1 is 1.02 bits per heavy atom. The van der Waals surface area contributed by atoms with Crippen LogP contribution in [0, 0.1) is 5.41 Å². The summed E-state index contributed by atoms with van der Waals surface area (Å²) in [7, 11) is 0. The largest absolute Gasteiger partial charge is 0.427 e. The zero-order valence-electron chi connectivity index (χ0n) is 23.2. The number of aromatic amines is 1. The zero-order chi connectivity index (χ0) is 28.7. The van der Waals surface area contributed by atoms with E-state index in [9.17, 15) is 14.7 Å². The van der Waals surface area contributed by atoms with Crippen molar-refractivity contribution in [2.75, 3.05) is 6.79 Å². The van der Waals surface area contributed by atoms with Crippen LogP contribution in [0.1, 0.15) is 68.1 Å². The first-order valence-corrected chi connectivity index (χ1v) is 13.2. The van der Waals surface area contributed by atoms with Crippen LogP contribution in [0.3, 0.4) is 0 Å². The number of nitrogens with one attached hydrogen (secondary N) is 1. The van der Waals surface area contributed by atoms with Gasteiger partial charge in [0.2, 0.25) is 6.79 Å². The number of aromatic nitrogens is 6. The third-order valence-corrected chi connectivity index (χ3v) is 6.34. The summed E-state index contributed by atoms with van der Waals surface area (Å²) >= 11 is 0. The molecule has 2 heterocycles. The molecule has 11 nitrogen and oxygen atoms in total. The van der Waals surface area contributed by atoms with Crippen LogP contribution >= 0.6 is 0 Å². The van der Waals surface area contributed by atoms with Crippen LogP contribution < -0.4 is 0 Å². The minimum Gasteiger partial charge on any atom is -0.427 e. The molecule has 210 valence electrons. The predicted octanol–water partition coefficient (Wildman–Crippen LogP) is 4.32. The summed E-state index contributed by atoms with van der Waals surface area (Å²) in [4.78, 5) is 29.8. The minimum absolute atomic E-state index is 0.146. The summed E-state index contributed by atoms with van der Waals surface area (Å²) < 4.78 is 12.2. The number of aryl methyl sites for hydroxylation is 1. The standard InChI is InChI=1S/C29H34N6O5/c1-5-6-11-24-30-23(17-36)25(27(37)39-18-40-28(38)29(2,3)4)35(24)16-19-12-14-20(15-13-19)21-9-7-8-10-22(21)26-31-33-34-32-26/h7-10,12-15,36H,5-6,11,16-18H2,1-4H3,(H,31,32,33,34).